The highest BCUT2D eigenvalue weighted by Gasteiger charge is 2.66. The summed E-state index contributed by atoms with van der Waals surface area (Å²) >= 11 is 13.7. The molecule has 14 unspecified atom stereocenters. The van der Waals surface area contributed by atoms with Crippen LogP contribution in [0.15, 0.2) is 71.9 Å². The number of methoxy groups -OCH3 is 4. The van der Waals surface area contributed by atoms with Gasteiger partial charge in [0.25, 0.3) is 0 Å². The monoisotopic (exact) mass is 1470 g/mol. The largest absolute Gasteiger partial charge is 0.495 e. The van der Waals surface area contributed by atoms with Crippen molar-refractivity contribution in [1.29, 1.82) is 0 Å². The number of allylic oxidation sites excluding steroid dienone is 6. The molecule has 30 heteroatoms. The van der Waals surface area contributed by atoms with Crippen LogP contribution in [0.25, 0.3) is 0 Å². The number of carbonyl (C=O) groups excluding carboxylic acids is 8. The molecule has 4 N–H and O–H groups in total. The van der Waals surface area contributed by atoms with E-state index < -0.39 is 156 Å². The van der Waals surface area contributed by atoms with Crippen LogP contribution in [0.5, 0.6) is 11.5 Å². The Labute approximate surface area is 601 Å². The van der Waals surface area contributed by atoms with E-state index in [1.807, 2.05) is 26.0 Å². The molecule has 0 radical (unpaired) electrons. The topological polar surface area (TPSA) is 313 Å². The molecule has 26 nitrogen and oxygen atoms in total. The number of hydrogen-bond acceptors (Lipinski definition) is 22. The van der Waals surface area contributed by atoms with Gasteiger partial charge in [0.05, 0.1) is 50.6 Å². The average Bonchev–Trinajstić information content (AvgIpc) is 1.58. The van der Waals surface area contributed by atoms with Crippen molar-refractivity contribution in [2.24, 2.45) is 11.8 Å². The molecule has 16 atom stereocenters. The fourth-order valence-corrected chi connectivity index (χ4v) is 15.7. The van der Waals surface area contributed by atoms with E-state index in [0.29, 0.717) is 35.7 Å². The van der Waals surface area contributed by atoms with Crippen LogP contribution in [0.1, 0.15) is 105 Å². The number of halogens is 2. The normalized spacial score (nSPS) is 32.5. The maximum absolute atomic E-state index is 14.5. The Morgan fingerprint density at radius 3 is 1.34 bits per heavy atom. The number of benzene rings is 2. The maximum Gasteiger partial charge on any atom is 0.409 e. The first kappa shape index (κ1) is 79.1. The number of carbonyl (C=O) groups is 8. The van der Waals surface area contributed by atoms with Crippen LogP contribution in [0.2, 0.25) is 10.0 Å². The highest BCUT2D eigenvalue weighted by Crippen LogP contribution is 2.51. The van der Waals surface area contributed by atoms with Gasteiger partial charge in [-0.1, -0.05) is 106 Å². The molecular weight excluding hydrogens is 1380 g/mol. The summed E-state index contributed by atoms with van der Waals surface area (Å²) in [7, 11) is 14.4. The molecule has 2 aromatic carbocycles. The van der Waals surface area contributed by atoms with Crippen LogP contribution in [0, 0.1) is 11.8 Å². The number of nitrogens with one attached hydrogen (secondary N) is 2. The van der Waals surface area contributed by atoms with Crippen molar-refractivity contribution in [3.05, 3.63) is 93.0 Å². The van der Waals surface area contributed by atoms with Crippen LogP contribution >= 0.6 is 44.8 Å². The van der Waals surface area contributed by atoms with Crippen LogP contribution in [-0.2, 0) is 79.5 Å². The molecule has 2 aromatic rings. The molecule has 8 bridgehead atoms. The predicted molar refractivity (Wildman–Crippen MR) is 376 cm³/mol. The first-order chi connectivity index (χ1) is 47.1. The van der Waals surface area contributed by atoms with Gasteiger partial charge in [-0.25, -0.2) is 19.2 Å². The van der Waals surface area contributed by atoms with Gasteiger partial charge in [-0.05, 0) is 89.8 Å². The number of alkyl carbamates (subject to hydrolysis) is 2. The molecule has 6 amide bonds. The summed E-state index contributed by atoms with van der Waals surface area (Å²) in [5.74, 6) is -3.52. The van der Waals surface area contributed by atoms with E-state index in [1.165, 1.54) is 97.6 Å². The summed E-state index contributed by atoms with van der Waals surface area (Å²) in [6.45, 7) is 13.7. The van der Waals surface area contributed by atoms with Gasteiger partial charge in [0, 0.05) is 91.4 Å². The van der Waals surface area contributed by atoms with Crippen LogP contribution in [0.4, 0.5) is 21.0 Å². The molecule has 100 heavy (non-hydrogen) atoms. The van der Waals surface area contributed by atoms with Crippen LogP contribution < -0.4 is 29.9 Å². The number of epoxide rings is 2. The van der Waals surface area contributed by atoms with Crippen molar-refractivity contribution in [3.63, 3.8) is 0 Å². The number of esters is 2. The van der Waals surface area contributed by atoms with E-state index in [-0.39, 0.29) is 47.2 Å². The highest BCUT2D eigenvalue weighted by atomic mass is 35.5. The molecule has 0 saturated carbocycles. The Morgan fingerprint density at radius 1 is 0.640 bits per heavy atom. The zero-order chi connectivity index (χ0) is 73.7. The number of hydrogen-bond donors (Lipinski definition) is 4. The smallest absolute Gasteiger partial charge is 0.409 e. The third kappa shape index (κ3) is 17.9. The Kier molecular flexibility index (Phi) is 25.9. The van der Waals surface area contributed by atoms with Crippen LogP contribution in [0.3, 0.4) is 0 Å². The van der Waals surface area contributed by atoms with Crippen molar-refractivity contribution < 1.29 is 95.9 Å². The molecule has 6 aliphatic rings. The lowest BCUT2D eigenvalue weighted by Gasteiger charge is -2.42. The lowest BCUT2D eigenvalue weighted by Crippen LogP contribution is -2.63. The minimum Gasteiger partial charge on any atom is -0.495 e. The number of fused-ring (bicyclic) bond motifs is 10. The molecule has 8 rings (SSSR count). The number of rotatable bonds is 17. The molecule has 550 valence electrons. The number of anilines is 2. The second kappa shape index (κ2) is 32.8. The van der Waals surface area contributed by atoms with Crippen molar-refractivity contribution in [2.45, 2.75) is 190 Å². The van der Waals surface area contributed by atoms with Gasteiger partial charge in [0.1, 0.15) is 81.5 Å². The number of ether oxygens (including phenoxy) is 10. The lowest BCUT2D eigenvalue weighted by molar-refractivity contribution is -0.162. The van der Waals surface area contributed by atoms with E-state index in [0.717, 1.165) is 22.3 Å². The Hall–Kier alpha value is -6.60. The SMILES string of the molecule is COc1cc2cc(c1Cl)N(C)C(=O)CC(OC(=O)[C@H](C)N(C)C(=O)CCSSCCC(=O)N(C)[C@@H](C)C(=O)OC1CC(=O)N(C)c3cc(cc(OC)c3Cl)C/C(C)=C/C=C/C(OC)C3(O)CC(OC(=O)N3)C(C)C3OC13C)C1(C)OC1C(C)C1CC(O)(NC(=O)O1)C(OC)/C=C/C=C(\C)C2. The van der Waals surface area contributed by atoms with Gasteiger partial charge in [0.2, 0.25) is 23.6 Å². The number of amides is 6. The first-order valence-electron chi connectivity index (χ1n) is 33.0. The molecule has 6 heterocycles. The zero-order valence-corrected chi connectivity index (χ0v) is 62.5. The molecule has 0 aliphatic carbocycles. The van der Waals surface area contributed by atoms with Crippen molar-refractivity contribution >= 4 is 104 Å². The fourth-order valence-electron chi connectivity index (χ4n) is 13.2. The summed E-state index contributed by atoms with van der Waals surface area (Å²) in [5, 5.41) is 29.3. The molecule has 6 aliphatic heterocycles. The molecule has 4 fully saturated rings. The van der Waals surface area contributed by atoms with E-state index >= 15 is 0 Å². The predicted octanol–water partition coefficient (Wildman–Crippen LogP) is 8.20. The van der Waals surface area contributed by atoms with Crippen molar-refractivity contribution in [2.75, 3.05) is 77.9 Å². The van der Waals surface area contributed by atoms with Gasteiger partial charge < -0.3 is 77.2 Å². The number of nitrogens with zero attached hydrogens (tertiary/aromatic N) is 4. The lowest BCUT2D eigenvalue weighted by atomic mass is 9.83. The van der Waals surface area contributed by atoms with Crippen LogP contribution in [-0.4, -0.2) is 219 Å². The van der Waals surface area contributed by atoms with E-state index in [1.54, 1.807) is 90.4 Å². The summed E-state index contributed by atoms with van der Waals surface area (Å²) in [4.78, 5) is 117. The molecular formula is C70H94Cl2N6O20S2. The fraction of sp³-hybridized carbons (Fsp3) is 0.600. The van der Waals surface area contributed by atoms with Gasteiger partial charge in [-0.2, -0.15) is 0 Å². The standard InChI is InChI=1S/C70H94Cl2N6O20S2/c1-37-19-17-21-51(91-15)69(87)35-49(93-65(85)73-69)39(3)61-67(7,97-61)53(33-57(81)77(11)45-29-43(27-37)31-47(89-13)59(45)71)95-63(83)41(5)75(9)55(79)23-25-99-100-26-24-56(80)76(10)42(6)64(84)96-54-34-58(82)78(12)46-30-44(32-48(90-14)60(46)72)28-38(2)20-18-22-52(92-16)70(88)36-50(94-66(86)74-70)40(4)62-68(54,8)98-62/h17-22,29-32,39-42,49-54,61-62,87-88H,23-28,33-36H2,1-16H3,(H,73,85)(H,74,86)/b21-17+,22-18+,37-19+,38-20+/t39?,40?,41-,42-,49?,50?,51?,52?,53?,54?,61?,62?,67?,68?,69?,70?/m0/s1. The third-order valence-corrected chi connectivity index (χ3v) is 23.1. The van der Waals surface area contributed by atoms with Gasteiger partial charge in [0.15, 0.2) is 11.4 Å². The maximum atomic E-state index is 14.5. The Morgan fingerprint density at radius 2 is 1.00 bits per heavy atom. The zero-order valence-electron chi connectivity index (χ0n) is 59.4. The van der Waals surface area contributed by atoms with Gasteiger partial charge >= 0.3 is 24.1 Å². The molecule has 4 saturated heterocycles. The van der Waals surface area contributed by atoms with E-state index in [9.17, 15) is 48.6 Å². The van der Waals surface area contributed by atoms with Crippen molar-refractivity contribution in [1.82, 2.24) is 20.4 Å². The molecule has 0 spiro atoms. The molecule has 0 aromatic heterocycles. The first-order valence-corrected chi connectivity index (χ1v) is 36.3. The third-order valence-electron chi connectivity index (χ3n) is 19.9. The quantitative estimate of drug-likeness (QED) is 0.0381. The summed E-state index contributed by atoms with van der Waals surface area (Å²) in [6, 6.07) is 4.75. The van der Waals surface area contributed by atoms with Crippen molar-refractivity contribution in [3.8, 4) is 11.5 Å². The average molecular weight is 1470 g/mol. The Bertz CT molecular complexity index is 3340. The summed E-state index contributed by atoms with van der Waals surface area (Å²) in [5.41, 5.74) is -2.54. The Balaban J connectivity index is 0.887. The number of likely N-dealkylation sites (N-methyl/N-ethyl adjacent to an activating group) is 2. The minimum absolute atomic E-state index is 0.0149. The van der Waals surface area contributed by atoms with Gasteiger partial charge in [-0.3, -0.25) is 29.8 Å². The number of aliphatic hydroxyl groups is 2. The highest BCUT2D eigenvalue weighted by molar-refractivity contribution is 8.76. The summed E-state index contributed by atoms with van der Waals surface area (Å²) < 4.78 is 59.2. The van der Waals surface area contributed by atoms with E-state index in [2.05, 4.69) is 10.6 Å². The van der Waals surface area contributed by atoms with Gasteiger partial charge in [-0.15, -0.1) is 0 Å². The van der Waals surface area contributed by atoms with E-state index in [4.69, 9.17) is 70.6 Å². The minimum atomic E-state index is -1.90. The second-order valence-electron chi connectivity index (χ2n) is 27.0. The summed E-state index contributed by atoms with van der Waals surface area (Å²) in [6.07, 6.45) is 0.390. The second-order valence-corrected chi connectivity index (χ2v) is 30.4.